The first kappa shape index (κ1) is 21.5. The minimum atomic E-state index is 0.328. The molecule has 0 fully saturated rings. The topological polar surface area (TPSA) is 0 Å². The zero-order valence-corrected chi connectivity index (χ0v) is 15.7. The molecule has 0 saturated heterocycles. The summed E-state index contributed by atoms with van der Waals surface area (Å²) >= 11 is 0. The lowest BCUT2D eigenvalue weighted by atomic mass is 9.69. The molecule has 1 rings (SSSR count). The Balaban J connectivity index is 0. The molecule has 118 valence electrons. The monoisotopic (exact) mass is 278 g/mol. The molecule has 1 unspecified atom stereocenters. The number of hydrogen-bond donors (Lipinski definition) is 0. The van der Waals surface area contributed by atoms with Crippen molar-refractivity contribution in [1.29, 1.82) is 0 Å². The fourth-order valence-corrected chi connectivity index (χ4v) is 2.22. The molecule has 0 aliphatic heterocycles. The summed E-state index contributed by atoms with van der Waals surface area (Å²) in [5, 5.41) is 0. The van der Waals surface area contributed by atoms with E-state index in [1.807, 2.05) is 27.7 Å². The minimum absolute atomic E-state index is 0.328. The Morgan fingerprint density at radius 3 is 1.45 bits per heavy atom. The maximum Gasteiger partial charge on any atom is -0.0108 e. The molecule has 0 amide bonds. The van der Waals surface area contributed by atoms with Crippen molar-refractivity contribution in [3.63, 3.8) is 0 Å². The van der Waals surface area contributed by atoms with Gasteiger partial charge in [-0.25, -0.2) is 0 Å². The molecule has 0 aliphatic carbocycles. The minimum Gasteiger partial charge on any atom is -0.0683 e. The molecule has 20 heavy (non-hydrogen) atoms. The third-order valence-electron chi connectivity index (χ3n) is 3.06. The number of hydrogen-bond acceptors (Lipinski definition) is 0. The third-order valence-corrected chi connectivity index (χ3v) is 3.06. The van der Waals surface area contributed by atoms with Crippen molar-refractivity contribution >= 4 is 0 Å². The lowest BCUT2D eigenvalue weighted by molar-refractivity contribution is 0.229. The largest absolute Gasteiger partial charge is 0.0683 e. The normalized spacial score (nSPS) is 12.5. The summed E-state index contributed by atoms with van der Waals surface area (Å²) in [6.45, 7) is 22.0. The fourth-order valence-electron chi connectivity index (χ4n) is 2.22. The molecule has 0 heterocycles. The van der Waals surface area contributed by atoms with Crippen LogP contribution in [0.4, 0.5) is 0 Å². The van der Waals surface area contributed by atoms with Gasteiger partial charge in [0.05, 0.1) is 0 Å². The lowest BCUT2D eigenvalue weighted by Gasteiger charge is -2.36. The summed E-state index contributed by atoms with van der Waals surface area (Å²) in [6.07, 6.45) is 1.24. The Labute approximate surface area is 129 Å². The van der Waals surface area contributed by atoms with Crippen LogP contribution in [0, 0.1) is 10.8 Å². The predicted molar refractivity (Wildman–Crippen MR) is 95.4 cm³/mol. The molecule has 0 aromatic heterocycles. The molecular weight excluding hydrogens is 240 g/mol. The van der Waals surface area contributed by atoms with Gasteiger partial charge in [0, 0.05) is 0 Å². The van der Waals surface area contributed by atoms with Crippen LogP contribution in [-0.4, -0.2) is 0 Å². The van der Waals surface area contributed by atoms with Crippen molar-refractivity contribution in [2.75, 3.05) is 0 Å². The van der Waals surface area contributed by atoms with Crippen LogP contribution >= 0.6 is 0 Å². The van der Waals surface area contributed by atoms with E-state index < -0.39 is 0 Å². The second-order valence-corrected chi connectivity index (χ2v) is 7.09. The van der Waals surface area contributed by atoms with Crippen LogP contribution in [0.3, 0.4) is 0 Å². The number of benzene rings is 1. The van der Waals surface area contributed by atoms with E-state index in [0.717, 1.165) is 0 Å². The zero-order valence-electron chi connectivity index (χ0n) is 15.7. The molecule has 1 atom stereocenters. The first-order valence-electron chi connectivity index (χ1n) is 8.25. The molecule has 0 nitrogen and oxygen atoms in total. The third kappa shape index (κ3) is 9.18. The van der Waals surface area contributed by atoms with Gasteiger partial charge in [-0.05, 0) is 28.7 Å². The Morgan fingerprint density at radius 1 is 0.750 bits per heavy atom. The Bertz CT molecular complexity index is 308. The maximum absolute atomic E-state index is 2.34. The van der Waals surface area contributed by atoms with Crippen LogP contribution < -0.4 is 0 Å². The summed E-state index contributed by atoms with van der Waals surface area (Å²) in [5.74, 6) is 0.633. The Morgan fingerprint density at radius 2 is 1.15 bits per heavy atom. The average molecular weight is 279 g/mol. The molecule has 0 saturated carbocycles. The van der Waals surface area contributed by atoms with Crippen LogP contribution in [0.2, 0.25) is 0 Å². The molecule has 1 aromatic carbocycles. The van der Waals surface area contributed by atoms with Gasteiger partial charge in [-0.15, -0.1) is 0 Å². The van der Waals surface area contributed by atoms with E-state index in [1.165, 1.54) is 12.0 Å². The Kier molecular flexibility index (Phi) is 10.8. The first-order valence-corrected chi connectivity index (χ1v) is 8.25. The summed E-state index contributed by atoms with van der Waals surface area (Å²) in [5.41, 5.74) is 2.19. The van der Waals surface area contributed by atoms with Crippen molar-refractivity contribution in [2.24, 2.45) is 10.8 Å². The molecule has 0 aliphatic rings. The fraction of sp³-hybridized carbons (Fsp3) is 0.700. The number of rotatable bonds is 2. The highest BCUT2D eigenvalue weighted by Crippen LogP contribution is 2.42. The standard InChI is InChI=1S/C16H26.2C2H6/c1-15(2,3)12-14(16(4,5)6)13-10-8-7-9-11-13;2*1-2/h7-11,14H,12H2,1-6H3;2*1-2H3. The summed E-state index contributed by atoms with van der Waals surface area (Å²) in [7, 11) is 0. The van der Waals surface area contributed by atoms with Gasteiger partial charge in [0.25, 0.3) is 0 Å². The van der Waals surface area contributed by atoms with Gasteiger partial charge >= 0.3 is 0 Å². The van der Waals surface area contributed by atoms with E-state index in [9.17, 15) is 0 Å². The van der Waals surface area contributed by atoms with Crippen molar-refractivity contribution < 1.29 is 0 Å². The van der Waals surface area contributed by atoms with Crippen LogP contribution in [0.15, 0.2) is 30.3 Å². The van der Waals surface area contributed by atoms with Crippen LogP contribution in [-0.2, 0) is 0 Å². The SMILES string of the molecule is CC.CC.CC(C)(C)CC(c1ccccc1)C(C)(C)C. The van der Waals surface area contributed by atoms with E-state index in [4.69, 9.17) is 0 Å². The zero-order chi connectivity index (χ0) is 16.4. The van der Waals surface area contributed by atoms with Crippen molar-refractivity contribution in [1.82, 2.24) is 0 Å². The van der Waals surface area contributed by atoms with E-state index in [2.05, 4.69) is 71.9 Å². The van der Waals surface area contributed by atoms with Gasteiger partial charge in [0.15, 0.2) is 0 Å². The average Bonchev–Trinajstić information content (AvgIpc) is 2.39. The van der Waals surface area contributed by atoms with Crippen molar-refractivity contribution in [3.8, 4) is 0 Å². The summed E-state index contributed by atoms with van der Waals surface area (Å²) < 4.78 is 0. The highest BCUT2D eigenvalue weighted by atomic mass is 14.3. The molecule has 0 radical (unpaired) electrons. The molecule has 0 heteroatoms. The lowest BCUT2D eigenvalue weighted by Crippen LogP contribution is -2.23. The van der Waals surface area contributed by atoms with E-state index >= 15 is 0 Å². The van der Waals surface area contributed by atoms with Gasteiger partial charge in [-0.1, -0.05) is 99.6 Å². The van der Waals surface area contributed by atoms with Crippen LogP contribution in [0.25, 0.3) is 0 Å². The molecule has 1 aromatic rings. The molecule has 0 N–H and O–H groups in total. The second-order valence-electron chi connectivity index (χ2n) is 7.09. The van der Waals surface area contributed by atoms with Crippen LogP contribution in [0.5, 0.6) is 0 Å². The molecular formula is C20H38. The summed E-state index contributed by atoms with van der Waals surface area (Å²) in [4.78, 5) is 0. The van der Waals surface area contributed by atoms with Gasteiger partial charge in [0.1, 0.15) is 0 Å². The Hall–Kier alpha value is -0.780. The van der Waals surface area contributed by atoms with Gasteiger partial charge in [0.2, 0.25) is 0 Å². The second kappa shape index (κ2) is 10.0. The quantitative estimate of drug-likeness (QED) is 0.532. The van der Waals surface area contributed by atoms with Gasteiger partial charge in [-0.3, -0.25) is 0 Å². The first-order chi connectivity index (χ1) is 9.20. The van der Waals surface area contributed by atoms with Gasteiger partial charge in [-0.2, -0.15) is 0 Å². The van der Waals surface area contributed by atoms with Crippen molar-refractivity contribution in [2.45, 2.75) is 81.6 Å². The smallest absolute Gasteiger partial charge is 0.0108 e. The highest BCUT2D eigenvalue weighted by Gasteiger charge is 2.29. The van der Waals surface area contributed by atoms with E-state index in [0.29, 0.717) is 16.7 Å². The van der Waals surface area contributed by atoms with E-state index in [1.54, 1.807) is 0 Å². The predicted octanol–water partition coefficient (Wildman–Crippen LogP) is 7.30. The van der Waals surface area contributed by atoms with Crippen molar-refractivity contribution in [3.05, 3.63) is 35.9 Å². The molecule has 0 spiro atoms. The maximum atomic E-state index is 2.34. The highest BCUT2D eigenvalue weighted by molar-refractivity contribution is 5.21. The van der Waals surface area contributed by atoms with Gasteiger partial charge < -0.3 is 0 Å². The molecule has 0 bridgehead atoms. The van der Waals surface area contributed by atoms with Crippen LogP contribution in [0.1, 0.15) is 87.1 Å². The summed E-state index contributed by atoms with van der Waals surface area (Å²) in [6, 6.07) is 10.9. The van der Waals surface area contributed by atoms with E-state index in [-0.39, 0.29) is 0 Å².